The Hall–Kier alpha value is -1.92. The highest BCUT2D eigenvalue weighted by Crippen LogP contribution is 2.32. The van der Waals surface area contributed by atoms with Crippen LogP contribution in [0.3, 0.4) is 0 Å². The molecule has 1 fully saturated rings. The van der Waals surface area contributed by atoms with Gasteiger partial charge in [-0.05, 0) is 18.1 Å². The van der Waals surface area contributed by atoms with E-state index in [0.29, 0.717) is 19.6 Å². The summed E-state index contributed by atoms with van der Waals surface area (Å²) in [6.45, 7) is 1.17. The minimum Gasteiger partial charge on any atom is -0.379 e. The van der Waals surface area contributed by atoms with E-state index in [1.54, 1.807) is 11.9 Å². The van der Waals surface area contributed by atoms with Crippen molar-refractivity contribution < 1.29 is 19.1 Å². The van der Waals surface area contributed by atoms with Gasteiger partial charge in [0.1, 0.15) is 12.6 Å². The molecule has 2 unspecified atom stereocenters. The lowest BCUT2D eigenvalue weighted by Gasteiger charge is -2.24. The van der Waals surface area contributed by atoms with E-state index >= 15 is 0 Å². The summed E-state index contributed by atoms with van der Waals surface area (Å²) in [5.74, 6) is -0.348. The van der Waals surface area contributed by atoms with Gasteiger partial charge in [0.05, 0.1) is 12.7 Å². The molecular weight excluding hydrogens is 284 g/mol. The molecule has 1 aromatic rings. The Labute approximate surface area is 129 Å². The van der Waals surface area contributed by atoms with Crippen LogP contribution in [-0.4, -0.2) is 50.8 Å². The molecule has 0 spiro atoms. The average molecular weight is 304 g/mol. The lowest BCUT2D eigenvalue weighted by atomic mass is 10.1. The summed E-state index contributed by atoms with van der Waals surface area (Å²) in [5.41, 5.74) is 1.81. The fourth-order valence-electron chi connectivity index (χ4n) is 2.97. The number of nitrogens with one attached hydrogen (secondary N) is 1. The van der Waals surface area contributed by atoms with E-state index in [1.165, 1.54) is 0 Å². The summed E-state index contributed by atoms with van der Waals surface area (Å²) in [6, 6.07) is 7.11. The van der Waals surface area contributed by atoms with Gasteiger partial charge in [-0.1, -0.05) is 18.2 Å². The van der Waals surface area contributed by atoms with Gasteiger partial charge in [0.15, 0.2) is 0 Å². The lowest BCUT2D eigenvalue weighted by Crippen LogP contribution is -2.48. The molecule has 1 aromatic carbocycles. The van der Waals surface area contributed by atoms with Gasteiger partial charge in [-0.2, -0.15) is 0 Å². The normalized spacial score (nSPS) is 23.4. The summed E-state index contributed by atoms with van der Waals surface area (Å²) >= 11 is 0. The largest absolute Gasteiger partial charge is 0.379 e. The van der Waals surface area contributed by atoms with Crippen molar-refractivity contribution in [2.45, 2.75) is 25.0 Å². The number of carbonyl (C=O) groups is 2. The highest BCUT2D eigenvalue weighted by atomic mass is 16.5. The van der Waals surface area contributed by atoms with Crippen molar-refractivity contribution in [1.29, 1.82) is 0 Å². The Balaban J connectivity index is 1.74. The standard InChI is InChI=1S/C16H20N2O4/c1-17-16(20)14-8-11-4-2-3-5-13(11)18(14)15(19)10-22-12-6-7-21-9-12/h2-5,12,14H,6-10H2,1H3,(H,17,20). The predicted molar refractivity (Wildman–Crippen MR) is 80.7 cm³/mol. The molecule has 1 saturated heterocycles. The molecule has 6 heteroatoms. The van der Waals surface area contributed by atoms with Gasteiger partial charge >= 0.3 is 0 Å². The first-order chi connectivity index (χ1) is 10.7. The van der Waals surface area contributed by atoms with Crippen LogP contribution >= 0.6 is 0 Å². The molecule has 6 nitrogen and oxygen atoms in total. The van der Waals surface area contributed by atoms with Gasteiger partial charge in [0, 0.05) is 25.8 Å². The van der Waals surface area contributed by atoms with Crippen LogP contribution in [0, 0.1) is 0 Å². The molecule has 0 aliphatic carbocycles. The van der Waals surface area contributed by atoms with Gasteiger partial charge in [0.2, 0.25) is 5.91 Å². The Bertz CT molecular complexity index is 569. The number of benzene rings is 1. The molecule has 0 saturated carbocycles. The number of para-hydroxylation sites is 1. The van der Waals surface area contributed by atoms with Crippen molar-refractivity contribution in [2.24, 2.45) is 0 Å². The second-order valence-electron chi connectivity index (χ2n) is 5.52. The van der Waals surface area contributed by atoms with Crippen LogP contribution < -0.4 is 10.2 Å². The van der Waals surface area contributed by atoms with Crippen molar-refractivity contribution in [3.8, 4) is 0 Å². The van der Waals surface area contributed by atoms with Crippen molar-refractivity contribution in [3.05, 3.63) is 29.8 Å². The summed E-state index contributed by atoms with van der Waals surface area (Å²) < 4.78 is 10.8. The quantitative estimate of drug-likeness (QED) is 0.879. The van der Waals surface area contributed by atoms with Crippen molar-refractivity contribution in [3.63, 3.8) is 0 Å². The predicted octanol–water partition coefficient (Wildman–Crippen LogP) is 0.496. The first kappa shape index (κ1) is 15.0. The van der Waals surface area contributed by atoms with Gasteiger partial charge in [-0.25, -0.2) is 0 Å². The summed E-state index contributed by atoms with van der Waals surface area (Å²) in [5, 5.41) is 2.63. The number of hydrogen-bond donors (Lipinski definition) is 1. The number of carbonyl (C=O) groups excluding carboxylic acids is 2. The van der Waals surface area contributed by atoms with Crippen molar-refractivity contribution in [1.82, 2.24) is 5.32 Å². The molecule has 2 aliphatic rings. The molecule has 1 N–H and O–H groups in total. The topological polar surface area (TPSA) is 67.9 Å². The fourth-order valence-corrected chi connectivity index (χ4v) is 2.97. The SMILES string of the molecule is CNC(=O)C1Cc2ccccc2N1C(=O)COC1CCOC1. The molecule has 0 aromatic heterocycles. The Morgan fingerprint density at radius 3 is 2.95 bits per heavy atom. The zero-order chi connectivity index (χ0) is 15.5. The number of nitrogens with zero attached hydrogens (tertiary/aromatic N) is 1. The Morgan fingerprint density at radius 2 is 2.23 bits per heavy atom. The third-order valence-electron chi connectivity index (χ3n) is 4.12. The fraction of sp³-hybridized carbons (Fsp3) is 0.500. The van der Waals surface area contributed by atoms with Gasteiger partial charge in [-0.15, -0.1) is 0 Å². The van der Waals surface area contributed by atoms with Crippen LogP contribution in [0.5, 0.6) is 0 Å². The lowest BCUT2D eigenvalue weighted by molar-refractivity contribution is -0.129. The first-order valence-corrected chi connectivity index (χ1v) is 7.51. The Kier molecular flexibility index (Phi) is 4.40. The van der Waals surface area contributed by atoms with E-state index in [0.717, 1.165) is 17.7 Å². The highest BCUT2D eigenvalue weighted by molar-refractivity contribution is 6.03. The van der Waals surface area contributed by atoms with Crippen LogP contribution in [0.15, 0.2) is 24.3 Å². The van der Waals surface area contributed by atoms with E-state index < -0.39 is 6.04 Å². The maximum absolute atomic E-state index is 12.6. The zero-order valence-electron chi connectivity index (χ0n) is 12.6. The van der Waals surface area contributed by atoms with Crippen molar-refractivity contribution in [2.75, 3.05) is 31.8 Å². The van der Waals surface area contributed by atoms with Crippen LogP contribution in [0.4, 0.5) is 5.69 Å². The molecule has 2 amide bonds. The molecular formula is C16H20N2O4. The summed E-state index contributed by atoms with van der Waals surface area (Å²) in [4.78, 5) is 26.2. The monoisotopic (exact) mass is 304 g/mol. The summed E-state index contributed by atoms with van der Waals surface area (Å²) in [7, 11) is 1.58. The molecule has 118 valence electrons. The highest BCUT2D eigenvalue weighted by Gasteiger charge is 2.37. The second kappa shape index (κ2) is 6.46. The number of amides is 2. The average Bonchev–Trinajstić information content (AvgIpc) is 3.18. The first-order valence-electron chi connectivity index (χ1n) is 7.51. The number of hydrogen-bond acceptors (Lipinski definition) is 4. The van der Waals surface area contributed by atoms with E-state index in [4.69, 9.17) is 9.47 Å². The third kappa shape index (κ3) is 2.84. The van der Waals surface area contributed by atoms with E-state index in [1.807, 2.05) is 24.3 Å². The second-order valence-corrected chi connectivity index (χ2v) is 5.52. The van der Waals surface area contributed by atoms with Crippen LogP contribution in [-0.2, 0) is 25.5 Å². The molecule has 2 atom stereocenters. The number of rotatable bonds is 4. The van der Waals surface area contributed by atoms with Crippen LogP contribution in [0.25, 0.3) is 0 Å². The number of fused-ring (bicyclic) bond motifs is 1. The molecule has 0 bridgehead atoms. The molecule has 2 heterocycles. The minimum absolute atomic E-state index is 0.0275. The Morgan fingerprint density at radius 1 is 1.41 bits per heavy atom. The molecule has 3 rings (SSSR count). The number of anilines is 1. The van der Waals surface area contributed by atoms with Gasteiger partial charge in [-0.3, -0.25) is 14.5 Å². The van der Waals surface area contributed by atoms with Gasteiger partial charge in [0.25, 0.3) is 5.91 Å². The van der Waals surface area contributed by atoms with E-state index in [9.17, 15) is 9.59 Å². The number of ether oxygens (including phenoxy) is 2. The van der Waals surface area contributed by atoms with Gasteiger partial charge < -0.3 is 14.8 Å². The number of likely N-dealkylation sites (N-methyl/N-ethyl adjacent to an activating group) is 1. The molecule has 22 heavy (non-hydrogen) atoms. The molecule has 0 radical (unpaired) electrons. The maximum Gasteiger partial charge on any atom is 0.253 e. The zero-order valence-corrected chi connectivity index (χ0v) is 12.6. The van der Waals surface area contributed by atoms with E-state index in [2.05, 4.69) is 5.32 Å². The maximum atomic E-state index is 12.6. The third-order valence-corrected chi connectivity index (χ3v) is 4.12. The van der Waals surface area contributed by atoms with Crippen LogP contribution in [0.2, 0.25) is 0 Å². The minimum atomic E-state index is -0.502. The van der Waals surface area contributed by atoms with E-state index in [-0.39, 0.29) is 24.5 Å². The van der Waals surface area contributed by atoms with Crippen LogP contribution in [0.1, 0.15) is 12.0 Å². The smallest absolute Gasteiger partial charge is 0.253 e. The summed E-state index contributed by atoms with van der Waals surface area (Å²) in [6.07, 6.45) is 1.32. The molecule has 2 aliphatic heterocycles. The van der Waals surface area contributed by atoms with Crippen molar-refractivity contribution >= 4 is 17.5 Å².